The van der Waals surface area contributed by atoms with Gasteiger partial charge in [0.2, 0.25) is 0 Å². The number of likely N-dealkylation sites (tertiary alicyclic amines) is 1. The maximum atomic E-state index is 12.9. The van der Waals surface area contributed by atoms with E-state index in [4.69, 9.17) is 0 Å². The Balaban J connectivity index is 1.92. The number of carbonyl (C=O) groups excluding carboxylic acids is 1. The summed E-state index contributed by atoms with van der Waals surface area (Å²) < 4.78 is 1.53. The van der Waals surface area contributed by atoms with Crippen LogP contribution in [0.5, 0.6) is 0 Å². The lowest BCUT2D eigenvalue weighted by Gasteiger charge is -2.35. The third-order valence-corrected chi connectivity index (χ3v) is 3.89. The number of piperidine rings is 1. The zero-order valence-electron chi connectivity index (χ0n) is 12.3. The molecule has 21 heavy (non-hydrogen) atoms. The normalized spacial score (nSPS) is 22.3. The Morgan fingerprint density at radius 3 is 2.57 bits per heavy atom. The summed E-state index contributed by atoms with van der Waals surface area (Å²) in [6, 6.07) is 7.46. The van der Waals surface area contributed by atoms with Crippen LogP contribution < -0.4 is 0 Å². The molecule has 0 bridgehead atoms. The highest BCUT2D eigenvalue weighted by molar-refractivity contribution is 5.97. The first kappa shape index (κ1) is 13.7. The second-order valence-corrected chi connectivity index (χ2v) is 5.93. The van der Waals surface area contributed by atoms with Crippen LogP contribution in [0.3, 0.4) is 0 Å². The number of para-hydroxylation sites is 1. The molecular formula is C15H19N5O. The zero-order valence-corrected chi connectivity index (χ0v) is 12.3. The fourth-order valence-electron chi connectivity index (χ4n) is 3.13. The van der Waals surface area contributed by atoms with Gasteiger partial charge >= 0.3 is 0 Å². The van der Waals surface area contributed by atoms with Gasteiger partial charge in [0, 0.05) is 13.1 Å². The number of benzene rings is 1. The predicted octanol–water partition coefficient (Wildman–Crippen LogP) is 1.78. The van der Waals surface area contributed by atoms with E-state index in [0.717, 1.165) is 18.8 Å². The molecule has 3 rings (SSSR count). The molecule has 1 fully saturated rings. The number of amides is 1. The first-order valence-corrected chi connectivity index (χ1v) is 7.27. The molecule has 0 saturated carbocycles. The van der Waals surface area contributed by atoms with Crippen LogP contribution in [0.1, 0.15) is 30.6 Å². The van der Waals surface area contributed by atoms with Crippen LogP contribution >= 0.6 is 0 Å². The third kappa shape index (κ3) is 2.79. The average Bonchev–Trinajstić information content (AvgIpc) is 2.99. The van der Waals surface area contributed by atoms with Gasteiger partial charge < -0.3 is 4.90 Å². The lowest BCUT2D eigenvalue weighted by atomic mass is 9.91. The van der Waals surface area contributed by atoms with Crippen molar-refractivity contribution in [1.29, 1.82) is 0 Å². The Morgan fingerprint density at radius 1 is 1.19 bits per heavy atom. The molecule has 0 N–H and O–H groups in total. The summed E-state index contributed by atoms with van der Waals surface area (Å²) in [6.07, 6.45) is 2.69. The molecule has 1 aliphatic heterocycles. The molecule has 1 saturated heterocycles. The van der Waals surface area contributed by atoms with Crippen LogP contribution in [-0.4, -0.2) is 44.1 Å². The van der Waals surface area contributed by atoms with Gasteiger partial charge in [0.05, 0.1) is 11.3 Å². The summed E-state index contributed by atoms with van der Waals surface area (Å²) >= 11 is 0. The second kappa shape index (κ2) is 5.63. The predicted molar refractivity (Wildman–Crippen MR) is 78.0 cm³/mol. The highest BCUT2D eigenvalue weighted by atomic mass is 16.2. The topological polar surface area (TPSA) is 63.9 Å². The van der Waals surface area contributed by atoms with Crippen molar-refractivity contribution in [3.63, 3.8) is 0 Å². The van der Waals surface area contributed by atoms with Crippen molar-refractivity contribution in [3.05, 3.63) is 36.2 Å². The standard InChI is InChI=1S/C15H19N5O/c1-11-7-12(2)9-19(8-11)15(21)13-5-3-4-6-14(13)20-10-16-17-18-20/h3-6,10-12H,7-9H2,1-2H3/t11-,12-/m0/s1. The number of tetrazole rings is 1. The van der Waals surface area contributed by atoms with E-state index < -0.39 is 0 Å². The molecule has 0 aliphatic carbocycles. The van der Waals surface area contributed by atoms with Gasteiger partial charge in [-0.3, -0.25) is 4.79 Å². The largest absolute Gasteiger partial charge is 0.338 e. The number of rotatable bonds is 2. The number of hydrogen-bond acceptors (Lipinski definition) is 4. The van der Waals surface area contributed by atoms with Gasteiger partial charge in [-0.05, 0) is 40.8 Å². The summed E-state index contributed by atoms with van der Waals surface area (Å²) in [7, 11) is 0. The molecule has 1 aromatic heterocycles. The lowest BCUT2D eigenvalue weighted by Crippen LogP contribution is -2.42. The maximum absolute atomic E-state index is 12.9. The number of carbonyl (C=O) groups is 1. The van der Waals surface area contributed by atoms with Crippen molar-refractivity contribution >= 4 is 5.91 Å². The van der Waals surface area contributed by atoms with Crippen LogP contribution in [0.15, 0.2) is 30.6 Å². The van der Waals surface area contributed by atoms with E-state index in [2.05, 4.69) is 29.4 Å². The van der Waals surface area contributed by atoms with Crippen molar-refractivity contribution in [3.8, 4) is 5.69 Å². The minimum atomic E-state index is 0.0551. The highest BCUT2D eigenvalue weighted by Crippen LogP contribution is 2.24. The van der Waals surface area contributed by atoms with Gasteiger partial charge in [0.25, 0.3) is 5.91 Å². The molecule has 2 aromatic rings. The van der Waals surface area contributed by atoms with Gasteiger partial charge in [0.1, 0.15) is 6.33 Å². The van der Waals surface area contributed by atoms with E-state index in [1.165, 1.54) is 17.4 Å². The van der Waals surface area contributed by atoms with E-state index in [9.17, 15) is 4.79 Å². The van der Waals surface area contributed by atoms with Gasteiger partial charge in [0.15, 0.2) is 0 Å². The molecule has 0 unspecified atom stereocenters. The Hall–Kier alpha value is -2.24. The maximum Gasteiger partial charge on any atom is 0.256 e. The van der Waals surface area contributed by atoms with E-state index in [1.54, 1.807) is 0 Å². The lowest BCUT2D eigenvalue weighted by molar-refractivity contribution is 0.0623. The van der Waals surface area contributed by atoms with E-state index in [1.807, 2.05) is 29.2 Å². The Morgan fingerprint density at radius 2 is 1.90 bits per heavy atom. The summed E-state index contributed by atoms with van der Waals surface area (Å²) in [5.41, 5.74) is 1.37. The van der Waals surface area contributed by atoms with Crippen molar-refractivity contribution in [2.75, 3.05) is 13.1 Å². The fourth-order valence-corrected chi connectivity index (χ4v) is 3.13. The first-order chi connectivity index (χ1) is 10.1. The molecule has 1 amide bonds. The van der Waals surface area contributed by atoms with Crippen LogP contribution in [0.25, 0.3) is 5.69 Å². The highest BCUT2D eigenvalue weighted by Gasteiger charge is 2.27. The van der Waals surface area contributed by atoms with E-state index in [-0.39, 0.29) is 5.91 Å². The molecule has 2 heterocycles. The van der Waals surface area contributed by atoms with Gasteiger partial charge in [-0.1, -0.05) is 26.0 Å². The van der Waals surface area contributed by atoms with Gasteiger partial charge in [-0.2, -0.15) is 4.68 Å². The van der Waals surface area contributed by atoms with Crippen molar-refractivity contribution in [1.82, 2.24) is 25.1 Å². The molecule has 110 valence electrons. The monoisotopic (exact) mass is 285 g/mol. The van der Waals surface area contributed by atoms with Crippen molar-refractivity contribution in [2.24, 2.45) is 11.8 Å². The minimum Gasteiger partial charge on any atom is -0.338 e. The minimum absolute atomic E-state index is 0.0551. The quantitative estimate of drug-likeness (QED) is 0.843. The number of nitrogens with zero attached hydrogens (tertiary/aromatic N) is 5. The number of aromatic nitrogens is 4. The Kier molecular flexibility index (Phi) is 3.68. The molecule has 1 aliphatic rings. The van der Waals surface area contributed by atoms with Gasteiger partial charge in [-0.15, -0.1) is 5.10 Å². The van der Waals surface area contributed by atoms with E-state index in [0.29, 0.717) is 17.4 Å². The van der Waals surface area contributed by atoms with Crippen molar-refractivity contribution < 1.29 is 4.79 Å². The molecule has 1 aromatic carbocycles. The van der Waals surface area contributed by atoms with Gasteiger partial charge in [-0.25, -0.2) is 0 Å². The van der Waals surface area contributed by atoms with Crippen LogP contribution in [-0.2, 0) is 0 Å². The number of hydrogen-bond donors (Lipinski definition) is 0. The molecule has 0 radical (unpaired) electrons. The SMILES string of the molecule is C[C@H]1C[C@H](C)CN(C(=O)c2ccccc2-n2cnnn2)C1. The average molecular weight is 285 g/mol. The van der Waals surface area contributed by atoms with Crippen LogP contribution in [0.4, 0.5) is 0 Å². The smallest absolute Gasteiger partial charge is 0.256 e. The Bertz CT molecular complexity index is 615. The first-order valence-electron chi connectivity index (χ1n) is 7.27. The second-order valence-electron chi connectivity index (χ2n) is 5.93. The summed E-state index contributed by atoms with van der Waals surface area (Å²) in [5.74, 6) is 1.13. The fraction of sp³-hybridized carbons (Fsp3) is 0.467. The van der Waals surface area contributed by atoms with E-state index >= 15 is 0 Å². The zero-order chi connectivity index (χ0) is 14.8. The summed E-state index contributed by atoms with van der Waals surface area (Å²) in [5, 5.41) is 11.2. The van der Waals surface area contributed by atoms with Crippen LogP contribution in [0.2, 0.25) is 0 Å². The molecular weight excluding hydrogens is 266 g/mol. The van der Waals surface area contributed by atoms with Crippen LogP contribution in [0, 0.1) is 11.8 Å². The molecule has 6 heteroatoms. The molecule has 2 atom stereocenters. The van der Waals surface area contributed by atoms with Crippen molar-refractivity contribution in [2.45, 2.75) is 20.3 Å². The third-order valence-electron chi connectivity index (χ3n) is 3.89. The Labute approximate surface area is 123 Å². The molecule has 0 spiro atoms. The summed E-state index contributed by atoms with van der Waals surface area (Å²) in [6.45, 7) is 6.02. The molecule has 6 nitrogen and oxygen atoms in total. The summed E-state index contributed by atoms with van der Waals surface area (Å²) in [4.78, 5) is 14.8.